The number of aliphatic hydroxyl groups is 1. The highest BCUT2D eigenvalue weighted by Gasteiger charge is 2.14. The molecule has 3 heteroatoms. The van der Waals surface area contributed by atoms with Gasteiger partial charge in [0.05, 0.1) is 6.61 Å². The van der Waals surface area contributed by atoms with E-state index in [9.17, 15) is 5.11 Å². The van der Waals surface area contributed by atoms with E-state index >= 15 is 0 Å². The molecule has 1 unspecified atom stereocenters. The average Bonchev–Trinajstić information content (AvgIpc) is 2.94. The lowest BCUT2D eigenvalue weighted by Crippen LogP contribution is -1.99. The van der Waals surface area contributed by atoms with Gasteiger partial charge in [0, 0.05) is 13.5 Å². The Morgan fingerprint density at radius 2 is 1.89 bits per heavy atom. The van der Waals surface area contributed by atoms with Crippen LogP contribution >= 0.6 is 0 Å². The standard InChI is InChI=1S/C16H20O3/c1-3-14-8-9-15(19-14)16(17)13-6-4-12(5-7-13)10-11-18-2/h4-9,16-17H,3,10-11H2,1-2H3. The van der Waals surface area contributed by atoms with Crippen LogP contribution in [0, 0.1) is 0 Å². The van der Waals surface area contributed by atoms with Gasteiger partial charge in [-0.2, -0.15) is 0 Å². The zero-order valence-electron chi connectivity index (χ0n) is 11.4. The Balaban J connectivity index is 2.08. The van der Waals surface area contributed by atoms with Crippen molar-refractivity contribution in [3.63, 3.8) is 0 Å². The highest BCUT2D eigenvalue weighted by Crippen LogP contribution is 2.24. The molecule has 0 amide bonds. The molecule has 2 rings (SSSR count). The highest BCUT2D eigenvalue weighted by molar-refractivity contribution is 5.28. The van der Waals surface area contributed by atoms with Gasteiger partial charge in [-0.05, 0) is 29.7 Å². The van der Waals surface area contributed by atoms with Crippen molar-refractivity contribution >= 4 is 0 Å². The van der Waals surface area contributed by atoms with Gasteiger partial charge in [0.2, 0.25) is 0 Å². The van der Waals surface area contributed by atoms with E-state index in [4.69, 9.17) is 9.15 Å². The van der Waals surface area contributed by atoms with Crippen molar-refractivity contribution < 1.29 is 14.3 Å². The van der Waals surface area contributed by atoms with Crippen LogP contribution in [0.3, 0.4) is 0 Å². The normalized spacial score (nSPS) is 12.6. The zero-order chi connectivity index (χ0) is 13.7. The monoisotopic (exact) mass is 260 g/mol. The fourth-order valence-corrected chi connectivity index (χ4v) is 1.98. The number of hydrogen-bond acceptors (Lipinski definition) is 3. The van der Waals surface area contributed by atoms with Crippen LogP contribution in [0.1, 0.15) is 35.7 Å². The van der Waals surface area contributed by atoms with Gasteiger partial charge in [-0.1, -0.05) is 31.2 Å². The summed E-state index contributed by atoms with van der Waals surface area (Å²) in [5.41, 5.74) is 2.05. The van der Waals surface area contributed by atoms with Gasteiger partial charge in [0.1, 0.15) is 17.6 Å². The van der Waals surface area contributed by atoms with Crippen LogP contribution in [0.25, 0.3) is 0 Å². The maximum absolute atomic E-state index is 10.2. The van der Waals surface area contributed by atoms with Crippen LogP contribution in [-0.2, 0) is 17.6 Å². The van der Waals surface area contributed by atoms with Crippen LogP contribution < -0.4 is 0 Å². The summed E-state index contributed by atoms with van der Waals surface area (Å²) in [5, 5.41) is 10.2. The van der Waals surface area contributed by atoms with E-state index in [1.807, 2.05) is 43.3 Å². The predicted octanol–water partition coefficient (Wildman–Crippen LogP) is 3.11. The molecule has 1 aromatic carbocycles. The molecule has 0 spiro atoms. The molecule has 0 aliphatic rings. The number of aryl methyl sites for hydroxylation is 1. The fourth-order valence-electron chi connectivity index (χ4n) is 1.98. The molecule has 0 aliphatic carbocycles. The van der Waals surface area contributed by atoms with Crippen molar-refractivity contribution in [3.05, 3.63) is 59.0 Å². The Kier molecular flexibility index (Phi) is 4.77. The Morgan fingerprint density at radius 3 is 2.47 bits per heavy atom. The summed E-state index contributed by atoms with van der Waals surface area (Å²) in [5.74, 6) is 1.49. The lowest BCUT2D eigenvalue weighted by Gasteiger charge is -2.09. The van der Waals surface area contributed by atoms with E-state index in [-0.39, 0.29) is 0 Å². The molecule has 2 aromatic rings. The Labute approximate surface area is 113 Å². The largest absolute Gasteiger partial charge is 0.463 e. The topological polar surface area (TPSA) is 42.6 Å². The van der Waals surface area contributed by atoms with Gasteiger partial charge in [-0.3, -0.25) is 0 Å². The summed E-state index contributed by atoms with van der Waals surface area (Å²) >= 11 is 0. The molecular formula is C16H20O3. The first-order chi connectivity index (χ1) is 9.24. The lowest BCUT2D eigenvalue weighted by molar-refractivity contribution is 0.187. The first-order valence-corrected chi connectivity index (χ1v) is 6.59. The van der Waals surface area contributed by atoms with E-state index in [0.29, 0.717) is 12.4 Å². The van der Waals surface area contributed by atoms with Crippen molar-refractivity contribution in [2.24, 2.45) is 0 Å². The van der Waals surface area contributed by atoms with Crippen molar-refractivity contribution in [1.29, 1.82) is 0 Å². The van der Waals surface area contributed by atoms with Crippen LogP contribution in [0.15, 0.2) is 40.8 Å². The van der Waals surface area contributed by atoms with E-state index in [1.54, 1.807) is 7.11 Å². The second-order valence-corrected chi connectivity index (χ2v) is 4.54. The summed E-state index contributed by atoms with van der Waals surface area (Å²) in [6.07, 6.45) is 1.02. The molecule has 0 bridgehead atoms. The van der Waals surface area contributed by atoms with Crippen molar-refractivity contribution in [3.8, 4) is 0 Å². The Morgan fingerprint density at radius 1 is 1.16 bits per heavy atom. The summed E-state index contributed by atoms with van der Waals surface area (Å²) in [7, 11) is 1.69. The first kappa shape index (κ1) is 13.8. The molecular weight excluding hydrogens is 240 g/mol. The third-order valence-electron chi connectivity index (χ3n) is 3.19. The van der Waals surface area contributed by atoms with Gasteiger partial charge in [-0.25, -0.2) is 0 Å². The molecule has 0 radical (unpaired) electrons. The van der Waals surface area contributed by atoms with Crippen LogP contribution in [0.2, 0.25) is 0 Å². The third-order valence-corrected chi connectivity index (χ3v) is 3.19. The molecule has 102 valence electrons. The molecule has 1 heterocycles. The summed E-state index contributed by atoms with van der Waals surface area (Å²) in [4.78, 5) is 0. The molecule has 1 N–H and O–H groups in total. The smallest absolute Gasteiger partial charge is 0.137 e. The number of hydrogen-bond donors (Lipinski definition) is 1. The van der Waals surface area contributed by atoms with Crippen molar-refractivity contribution in [1.82, 2.24) is 0 Å². The van der Waals surface area contributed by atoms with Crippen LogP contribution in [0.4, 0.5) is 0 Å². The third kappa shape index (κ3) is 3.46. The second kappa shape index (κ2) is 6.55. The van der Waals surface area contributed by atoms with Crippen molar-refractivity contribution in [2.75, 3.05) is 13.7 Å². The predicted molar refractivity (Wildman–Crippen MR) is 74.2 cm³/mol. The van der Waals surface area contributed by atoms with Gasteiger partial charge in [-0.15, -0.1) is 0 Å². The number of rotatable bonds is 6. The van der Waals surface area contributed by atoms with Gasteiger partial charge in [0.15, 0.2) is 0 Å². The highest BCUT2D eigenvalue weighted by atomic mass is 16.5. The quantitative estimate of drug-likeness (QED) is 0.867. The number of furan rings is 1. The SMILES string of the molecule is CCc1ccc(C(O)c2ccc(CCOC)cc2)o1. The molecule has 0 fully saturated rings. The Hall–Kier alpha value is -1.58. The van der Waals surface area contributed by atoms with Gasteiger partial charge < -0.3 is 14.3 Å². The molecule has 3 nitrogen and oxygen atoms in total. The summed E-state index contributed by atoms with van der Waals surface area (Å²) in [6.45, 7) is 2.74. The number of ether oxygens (including phenoxy) is 1. The maximum atomic E-state index is 10.2. The van der Waals surface area contributed by atoms with E-state index in [1.165, 1.54) is 5.56 Å². The molecule has 1 aromatic heterocycles. The lowest BCUT2D eigenvalue weighted by atomic mass is 10.0. The minimum Gasteiger partial charge on any atom is -0.463 e. The molecule has 0 saturated carbocycles. The van der Waals surface area contributed by atoms with Gasteiger partial charge >= 0.3 is 0 Å². The molecule has 1 atom stereocenters. The molecule has 19 heavy (non-hydrogen) atoms. The van der Waals surface area contributed by atoms with E-state index in [0.717, 1.165) is 24.2 Å². The summed E-state index contributed by atoms with van der Waals surface area (Å²) < 4.78 is 10.6. The van der Waals surface area contributed by atoms with Gasteiger partial charge in [0.25, 0.3) is 0 Å². The minimum absolute atomic E-state index is 0.599. The number of aliphatic hydroxyl groups excluding tert-OH is 1. The average molecular weight is 260 g/mol. The number of benzene rings is 1. The fraction of sp³-hybridized carbons (Fsp3) is 0.375. The zero-order valence-corrected chi connectivity index (χ0v) is 11.4. The minimum atomic E-state index is -0.697. The number of methoxy groups -OCH3 is 1. The first-order valence-electron chi connectivity index (χ1n) is 6.59. The van der Waals surface area contributed by atoms with Crippen LogP contribution in [-0.4, -0.2) is 18.8 Å². The maximum Gasteiger partial charge on any atom is 0.137 e. The van der Waals surface area contributed by atoms with Crippen LogP contribution in [0.5, 0.6) is 0 Å². The van der Waals surface area contributed by atoms with E-state index in [2.05, 4.69) is 0 Å². The Bertz CT molecular complexity index is 499. The summed E-state index contributed by atoms with van der Waals surface area (Å²) in [6, 6.07) is 11.6. The second-order valence-electron chi connectivity index (χ2n) is 4.54. The molecule has 0 saturated heterocycles. The van der Waals surface area contributed by atoms with E-state index < -0.39 is 6.10 Å². The van der Waals surface area contributed by atoms with Crippen molar-refractivity contribution in [2.45, 2.75) is 25.9 Å². The molecule has 0 aliphatic heterocycles.